The fourth-order valence-corrected chi connectivity index (χ4v) is 8.10. The first kappa shape index (κ1) is 23.9. The highest BCUT2D eigenvalue weighted by Gasteiger charge is 2.73. The van der Waals surface area contributed by atoms with Gasteiger partial charge in [-0.2, -0.15) is 0 Å². The van der Waals surface area contributed by atoms with E-state index >= 15 is 0 Å². The molecule has 0 aliphatic carbocycles. The predicted octanol–water partition coefficient (Wildman–Crippen LogP) is 4.62. The van der Waals surface area contributed by atoms with Gasteiger partial charge in [-0.3, -0.25) is 0 Å². The van der Waals surface area contributed by atoms with E-state index in [1.165, 1.54) is 14.2 Å². The van der Waals surface area contributed by atoms with Gasteiger partial charge in [-0.15, -0.1) is 0 Å². The van der Waals surface area contributed by atoms with Crippen LogP contribution in [0.3, 0.4) is 0 Å². The summed E-state index contributed by atoms with van der Waals surface area (Å²) in [7, 11) is -2.19. The molecule has 1 aromatic carbocycles. The summed E-state index contributed by atoms with van der Waals surface area (Å²) >= 11 is 0. The summed E-state index contributed by atoms with van der Waals surface area (Å²) in [4.78, 5) is 26.4. The van der Waals surface area contributed by atoms with Crippen LogP contribution in [-0.2, 0) is 39.2 Å². The van der Waals surface area contributed by atoms with Gasteiger partial charge in [0.1, 0.15) is 10.8 Å². The van der Waals surface area contributed by atoms with Crippen molar-refractivity contribution in [1.29, 1.82) is 0 Å². The van der Waals surface area contributed by atoms with Crippen LogP contribution in [-0.4, -0.2) is 42.5 Å². The number of rotatable bonds is 5. The smallest absolute Gasteiger partial charge is 0.340 e. The Labute approximate surface area is 187 Å². The number of benzene rings is 1. The number of fused-ring (bicyclic) bond motifs is 5. The molecule has 0 saturated carbocycles. The molecule has 6 nitrogen and oxygen atoms in total. The summed E-state index contributed by atoms with van der Waals surface area (Å²) in [6.45, 7) is 16.9. The van der Waals surface area contributed by atoms with E-state index in [9.17, 15) is 9.59 Å². The van der Waals surface area contributed by atoms with Gasteiger partial charge >= 0.3 is 11.9 Å². The van der Waals surface area contributed by atoms with Gasteiger partial charge in [0.05, 0.1) is 27.9 Å². The summed E-state index contributed by atoms with van der Waals surface area (Å²) in [6.07, 6.45) is 0. The fraction of sp³-hybridized carbons (Fsp3) is 0.565. The molecule has 31 heavy (non-hydrogen) atoms. The van der Waals surface area contributed by atoms with Gasteiger partial charge < -0.3 is 18.6 Å². The molecule has 2 aliphatic heterocycles. The van der Waals surface area contributed by atoms with Crippen molar-refractivity contribution in [2.24, 2.45) is 0 Å². The van der Waals surface area contributed by atoms with Gasteiger partial charge in [0.25, 0.3) is 0 Å². The third-order valence-corrected chi connectivity index (χ3v) is 14.1. The average Bonchev–Trinajstić information content (AvgIpc) is 3.13. The third-order valence-electron chi connectivity index (χ3n) is 6.93. The predicted molar refractivity (Wildman–Crippen MR) is 124 cm³/mol. The van der Waals surface area contributed by atoms with E-state index in [1.54, 1.807) is 0 Å². The van der Waals surface area contributed by atoms with Crippen LogP contribution in [0.1, 0.15) is 31.9 Å². The lowest BCUT2D eigenvalue weighted by molar-refractivity contribution is -0.181. The molecule has 2 unspecified atom stereocenters. The van der Waals surface area contributed by atoms with Crippen LogP contribution in [0.2, 0.25) is 37.8 Å². The number of ether oxygens (including phenoxy) is 3. The molecule has 2 aliphatic rings. The van der Waals surface area contributed by atoms with Crippen molar-refractivity contribution in [1.82, 2.24) is 0 Å². The molecular formula is C23H34O6Si2. The van der Waals surface area contributed by atoms with E-state index in [4.69, 9.17) is 18.6 Å². The Morgan fingerprint density at radius 3 is 1.81 bits per heavy atom. The summed E-state index contributed by atoms with van der Waals surface area (Å²) < 4.78 is 24.2. The van der Waals surface area contributed by atoms with Crippen LogP contribution in [0.25, 0.3) is 0 Å². The number of hydrogen-bond acceptors (Lipinski definition) is 6. The highest BCUT2D eigenvalue weighted by atomic mass is 28.4. The van der Waals surface area contributed by atoms with Crippen LogP contribution in [0.4, 0.5) is 0 Å². The minimum absolute atomic E-state index is 0.118. The van der Waals surface area contributed by atoms with Crippen LogP contribution >= 0.6 is 0 Å². The highest BCUT2D eigenvalue weighted by Crippen LogP contribution is 2.66. The van der Waals surface area contributed by atoms with E-state index < -0.39 is 39.3 Å². The van der Waals surface area contributed by atoms with Crippen LogP contribution in [0.15, 0.2) is 35.4 Å². The van der Waals surface area contributed by atoms with Crippen molar-refractivity contribution in [3.8, 4) is 0 Å². The zero-order chi connectivity index (χ0) is 23.6. The molecule has 0 radical (unpaired) electrons. The highest BCUT2D eigenvalue weighted by molar-refractivity contribution is 6.80. The molecule has 8 heteroatoms. The number of carbonyl (C=O) groups excluding carboxylic acids is 2. The standard InChI is InChI=1S/C23H34O6Si2/c1-21(2,3)31(9,10)29-22-15-13-11-12-14-16(15)23(28-22,30(6,7)8)18(20(25)27-5)17(22)19(24)26-4/h11-14H,1-10H3. The van der Waals surface area contributed by atoms with E-state index in [-0.39, 0.29) is 16.2 Å². The molecule has 1 aromatic rings. The Kier molecular flexibility index (Phi) is 5.50. The zero-order valence-electron chi connectivity index (χ0n) is 20.3. The molecule has 2 atom stereocenters. The maximum atomic E-state index is 13.2. The van der Waals surface area contributed by atoms with Crippen molar-refractivity contribution in [3.05, 3.63) is 46.5 Å². The second-order valence-electron chi connectivity index (χ2n) is 10.8. The lowest BCUT2D eigenvalue weighted by atomic mass is 9.83. The number of hydrogen-bond donors (Lipinski definition) is 0. The molecule has 2 bridgehead atoms. The SMILES string of the molecule is COC(=O)C1=C(C(=O)OC)C2([Si](C)(C)C)OC1(O[Si](C)(C)C(C)(C)C)c1ccccc12. The largest absolute Gasteiger partial charge is 0.466 e. The molecule has 0 fully saturated rings. The van der Waals surface area contributed by atoms with Crippen molar-refractivity contribution in [2.45, 2.75) is 69.6 Å². The molecule has 3 rings (SSSR count). The Hall–Kier alpha value is -1.75. The topological polar surface area (TPSA) is 71.1 Å². The minimum atomic E-state index is -2.48. The van der Waals surface area contributed by atoms with Crippen LogP contribution in [0, 0.1) is 0 Å². The van der Waals surface area contributed by atoms with Crippen LogP contribution in [0.5, 0.6) is 0 Å². The third kappa shape index (κ3) is 3.10. The summed E-state index contributed by atoms with van der Waals surface area (Å²) in [6, 6.07) is 7.74. The molecule has 0 N–H and O–H groups in total. The van der Waals surface area contributed by atoms with Crippen molar-refractivity contribution >= 4 is 28.3 Å². The first-order chi connectivity index (χ1) is 14.1. The number of carbonyl (C=O) groups is 2. The molecule has 0 amide bonds. The van der Waals surface area contributed by atoms with Gasteiger partial charge in [0.15, 0.2) is 8.32 Å². The van der Waals surface area contributed by atoms with E-state index in [0.717, 1.165) is 11.1 Å². The van der Waals surface area contributed by atoms with Gasteiger partial charge in [-0.1, -0.05) is 64.7 Å². The molecule has 170 valence electrons. The van der Waals surface area contributed by atoms with Crippen molar-refractivity contribution in [2.75, 3.05) is 14.2 Å². The summed E-state index contributed by atoms with van der Waals surface area (Å²) in [5.74, 6) is -2.72. The zero-order valence-corrected chi connectivity index (χ0v) is 22.3. The van der Waals surface area contributed by atoms with Crippen LogP contribution < -0.4 is 0 Å². The van der Waals surface area contributed by atoms with Gasteiger partial charge in [-0.05, 0) is 23.7 Å². The summed E-state index contributed by atoms with van der Waals surface area (Å²) in [5.41, 5.74) is 1.99. The summed E-state index contributed by atoms with van der Waals surface area (Å²) in [5, 5.41) is -1.23. The minimum Gasteiger partial charge on any atom is -0.466 e. The van der Waals surface area contributed by atoms with E-state index in [2.05, 4.69) is 53.5 Å². The first-order valence-electron chi connectivity index (χ1n) is 10.5. The lowest BCUT2D eigenvalue weighted by Gasteiger charge is -2.43. The fourth-order valence-electron chi connectivity index (χ4n) is 4.37. The monoisotopic (exact) mass is 462 g/mol. The Morgan fingerprint density at radius 1 is 0.871 bits per heavy atom. The molecule has 0 aromatic heterocycles. The Morgan fingerprint density at radius 2 is 1.35 bits per heavy atom. The number of methoxy groups -OCH3 is 2. The second kappa shape index (κ2) is 7.13. The van der Waals surface area contributed by atoms with Gasteiger partial charge in [-0.25, -0.2) is 9.59 Å². The maximum absolute atomic E-state index is 13.2. The van der Waals surface area contributed by atoms with Crippen molar-refractivity contribution in [3.63, 3.8) is 0 Å². The van der Waals surface area contributed by atoms with Gasteiger partial charge in [0.2, 0.25) is 5.79 Å². The maximum Gasteiger partial charge on any atom is 0.340 e. The number of esters is 2. The Bertz CT molecular complexity index is 969. The normalized spacial score (nSPS) is 25.5. The van der Waals surface area contributed by atoms with Gasteiger partial charge in [0, 0.05) is 5.56 Å². The Balaban J connectivity index is 2.48. The quantitative estimate of drug-likeness (QED) is 0.470. The second-order valence-corrected chi connectivity index (χ2v) is 20.7. The molecule has 0 saturated heterocycles. The lowest BCUT2D eigenvalue weighted by Crippen LogP contribution is -2.52. The van der Waals surface area contributed by atoms with Crippen molar-refractivity contribution < 1.29 is 28.2 Å². The molecular weight excluding hydrogens is 428 g/mol. The average molecular weight is 463 g/mol. The molecule has 2 heterocycles. The van der Waals surface area contributed by atoms with E-state index in [1.807, 2.05) is 24.3 Å². The first-order valence-corrected chi connectivity index (χ1v) is 16.9. The molecule has 0 spiro atoms. The van der Waals surface area contributed by atoms with E-state index in [0.29, 0.717) is 0 Å².